The number of amides is 1. The van der Waals surface area contributed by atoms with Crippen molar-refractivity contribution in [2.24, 2.45) is 0 Å². The Morgan fingerprint density at radius 2 is 2.14 bits per heavy atom. The molecule has 0 spiro atoms. The summed E-state index contributed by atoms with van der Waals surface area (Å²) in [5.41, 5.74) is 3.58. The Balaban J connectivity index is 1.84. The maximum Gasteiger partial charge on any atom is 0.230 e. The minimum atomic E-state index is 0.00304. The van der Waals surface area contributed by atoms with Crippen molar-refractivity contribution in [1.82, 2.24) is 20.1 Å². The molecule has 1 N–H and O–H groups in total. The third kappa shape index (κ3) is 4.34. The highest BCUT2D eigenvalue weighted by Gasteiger charge is 2.10. The zero-order valence-corrected chi connectivity index (χ0v) is 14.3. The van der Waals surface area contributed by atoms with Crippen molar-refractivity contribution in [2.45, 2.75) is 45.4 Å². The quantitative estimate of drug-likeness (QED) is 0.832. The van der Waals surface area contributed by atoms with E-state index >= 15 is 0 Å². The van der Waals surface area contributed by atoms with Crippen molar-refractivity contribution < 1.29 is 4.79 Å². The van der Waals surface area contributed by atoms with Crippen LogP contribution in [-0.2, 0) is 11.3 Å². The number of hydrogen-bond donors (Lipinski definition) is 1. The standard InChI is InChI=1S/C16H22N4OS/c1-11(2)20-10-18-19-16(20)22-9-15(21)17-8-14-6-5-12(3)7-13(14)4/h5-7,10-11H,8-9H2,1-4H3,(H,17,21). The average Bonchev–Trinajstić information content (AvgIpc) is 2.92. The molecule has 1 heterocycles. The molecule has 0 aliphatic heterocycles. The summed E-state index contributed by atoms with van der Waals surface area (Å²) in [5, 5.41) is 11.7. The highest BCUT2D eigenvalue weighted by Crippen LogP contribution is 2.18. The molecule has 2 rings (SSSR count). The molecule has 22 heavy (non-hydrogen) atoms. The topological polar surface area (TPSA) is 59.8 Å². The van der Waals surface area contributed by atoms with Gasteiger partial charge in [-0.15, -0.1) is 10.2 Å². The molecule has 1 aromatic heterocycles. The lowest BCUT2D eigenvalue weighted by Gasteiger charge is -2.10. The summed E-state index contributed by atoms with van der Waals surface area (Å²) >= 11 is 1.41. The second-order valence-electron chi connectivity index (χ2n) is 5.61. The lowest BCUT2D eigenvalue weighted by Crippen LogP contribution is -2.25. The van der Waals surface area contributed by atoms with Crippen LogP contribution in [0.4, 0.5) is 0 Å². The van der Waals surface area contributed by atoms with Crippen LogP contribution >= 0.6 is 11.8 Å². The van der Waals surface area contributed by atoms with Crippen LogP contribution < -0.4 is 5.32 Å². The van der Waals surface area contributed by atoms with Gasteiger partial charge in [0.2, 0.25) is 5.91 Å². The van der Waals surface area contributed by atoms with Crippen LogP contribution in [0.3, 0.4) is 0 Å². The van der Waals surface area contributed by atoms with Crippen LogP contribution in [0, 0.1) is 13.8 Å². The number of rotatable bonds is 6. The molecule has 6 heteroatoms. The number of nitrogens with one attached hydrogen (secondary N) is 1. The van der Waals surface area contributed by atoms with Crippen LogP contribution in [-0.4, -0.2) is 26.4 Å². The summed E-state index contributed by atoms with van der Waals surface area (Å²) in [6, 6.07) is 6.54. The number of carbonyl (C=O) groups excluding carboxylic acids is 1. The summed E-state index contributed by atoms with van der Waals surface area (Å²) in [6.45, 7) is 8.81. The molecule has 0 saturated carbocycles. The van der Waals surface area contributed by atoms with Crippen LogP contribution in [0.15, 0.2) is 29.7 Å². The number of thioether (sulfide) groups is 1. The number of aromatic nitrogens is 3. The van der Waals surface area contributed by atoms with Gasteiger partial charge in [-0.2, -0.15) is 0 Å². The predicted molar refractivity (Wildman–Crippen MR) is 88.9 cm³/mol. The van der Waals surface area contributed by atoms with E-state index in [0.29, 0.717) is 12.3 Å². The molecule has 1 aromatic carbocycles. The molecule has 0 fully saturated rings. The number of aryl methyl sites for hydroxylation is 2. The highest BCUT2D eigenvalue weighted by molar-refractivity contribution is 7.99. The largest absolute Gasteiger partial charge is 0.351 e. The van der Waals surface area contributed by atoms with E-state index in [2.05, 4.69) is 61.4 Å². The molecule has 0 saturated heterocycles. The van der Waals surface area contributed by atoms with E-state index in [1.807, 2.05) is 4.57 Å². The average molecular weight is 318 g/mol. The maximum atomic E-state index is 12.0. The molecule has 1 amide bonds. The summed E-state index contributed by atoms with van der Waals surface area (Å²) in [7, 11) is 0. The van der Waals surface area contributed by atoms with E-state index in [1.165, 1.54) is 22.9 Å². The SMILES string of the molecule is Cc1ccc(CNC(=O)CSc2nncn2C(C)C)c(C)c1. The minimum absolute atomic E-state index is 0.00304. The molecule has 118 valence electrons. The van der Waals surface area contributed by atoms with Crippen molar-refractivity contribution in [3.63, 3.8) is 0 Å². The Morgan fingerprint density at radius 3 is 2.82 bits per heavy atom. The maximum absolute atomic E-state index is 12.0. The first kappa shape index (κ1) is 16.5. The van der Waals surface area contributed by atoms with E-state index in [-0.39, 0.29) is 11.9 Å². The van der Waals surface area contributed by atoms with Crippen LogP contribution in [0.1, 0.15) is 36.6 Å². The summed E-state index contributed by atoms with van der Waals surface area (Å²) in [4.78, 5) is 12.0. The van der Waals surface area contributed by atoms with E-state index in [0.717, 1.165) is 10.7 Å². The van der Waals surface area contributed by atoms with Crippen molar-refractivity contribution in [2.75, 3.05) is 5.75 Å². The third-order valence-electron chi connectivity index (χ3n) is 3.40. The van der Waals surface area contributed by atoms with Gasteiger partial charge in [0.1, 0.15) is 6.33 Å². The molecular formula is C16H22N4OS. The molecule has 2 aromatic rings. The zero-order chi connectivity index (χ0) is 16.1. The fourth-order valence-electron chi connectivity index (χ4n) is 2.11. The van der Waals surface area contributed by atoms with Crippen molar-refractivity contribution >= 4 is 17.7 Å². The lowest BCUT2D eigenvalue weighted by molar-refractivity contribution is -0.118. The van der Waals surface area contributed by atoms with E-state index in [4.69, 9.17) is 0 Å². The van der Waals surface area contributed by atoms with Crippen LogP contribution in [0.2, 0.25) is 0 Å². The van der Waals surface area contributed by atoms with Gasteiger partial charge in [0, 0.05) is 12.6 Å². The van der Waals surface area contributed by atoms with Crippen molar-refractivity contribution in [3.05, 3.63) is 41.2 Å². The molecular weight excluding hydrogens is 296 g/mol. The van der Waals surface area contributed by atoms with Gasteiger partial charge in [-0.1, -0.05) is 35.5 Å². The molecule has 0 unspecified atom stereocenters. The summed E-state index contributed by atoms with van der Waals surface area (Å²) in [5.74, 6) is 0.347. The molecule has 0 aliphatic rings. The Kier molecular flexibility index (Phi) is 5.60. The second-order valence-corrected chi connectivity index (χ2v) is 6.55. The van der Waals surface area contributed by atoms with Gasteiger partial charge in [0.05, 0.1) is 5.75 Å². The molecule has 5 nitrogen and oxygen atoms in total. The second kappa shape index (κ2) is 7.45. The minimum Gasteiger partial charge on any atom is -0.351 e. The zero-order valence-electron chi connectivity index (χ0n) is 13.5. The number of hydrogen-bond acceptors (Lipinski definition) is 4. The number of carbonyl (C=O) groups is 1. The smallest absolute Gasteiger partial charge is 0.230 e. The molecule has 0 radical (unpaired) electrons. The predicted octanol–water partition coefficient (Wildman–Crippen LogP) is 2.88. The Hall–Kier alpha value is -1.82. The van der Waals surface area contributed by atoms with Crippen LogP contribution in [0.5, 0.6) is 0 Å². The van der Waals surface area contributed by atoms with Crippen molar-refractivity contribution in [3.8, 4) is 0 Å². The normalized spacial score (nSPS) is 11.0. The van der Waals surface area contributed by atoms with Gasteiger partial charge in [-0.25, -0.2) is 0 Å². The molecule has 0 aliphatic carbocycles. The first-order chi connectivity index (χ1) is 10.5. The van der Waals surface area contributed by atoms with Gasteiger partial charge in [-0.3, -0.25) is 4.79 Å². The van der Waals surface area contributed by atoms with Crippen molar-refractivity contribution in [1.29, 1.82) is 0 Å². The summed E-state index contributed by atoms with van der Waals surface area (Å²) < 4.78 is 1.96. The van der Waals surface area contributed by atoms with Gasteiger partial charge >= 0.3 is 0 Å². The van der Waals surface area contributed by atoms with E-state index < -0.39 is 0 Å². The number of benzene rings is 1. The first-order valence-electron chi connectivity index (χ1n) is 7.32. The Bertz CT molecular complexity index is 651. The summed E-state index contributed by atoms with van der Waals surface area (Å²) in [6.07, 6.45) is 1.70. The highest BCUT2D eigenvalue weighted by atomic mass is 32.2. The monoisotopic (exact) mass is 318 g/mol. The Morgan fingerprint density at radius 1 is 1.36 bits per heavy atom. The van der Waals surface area contributed by atoms with E-state index in [1.54, 1.807) is 6.33 Å². The fraction of sp³-hybridized carbons (Fsp3) is 0.438. The van der Waals surface area contributed by atoms with E-state index in [9.17, 15) is 4.79 Å². The van der Waals surface area contributed by atoms with Gasteiger partial charge in [0.25, 0.3) is 0 Å². The van der Waals surface area contributed by atoms with Crippen LogP contribution in [0.25, 0.3) is 0 Å². The molecule has 0 bridgehead atoms. The third-order valence-corrected chi connectivity index (χ3v) is 4.36. The van der Waals surface area contributed by atoms with Gasteiger partial charge < -0.3 is 9.88 Å². The lowest BCUT2D eigenvalue weighted by atomic mass is 10.1. The first-order valence-corrected chi connectivity index (χ1v) is 8.31. The fourth-order valence-corrected chi connectivity index (χ4v) is 2.98. The molecule has 0 atom stereocenters. The Labute approximate surface area is 135 Å². The van der Waals surface area contributed by atoms with Gasteiger partial charge in [0.15, 0.2) is 5.16 Å². The van der Waals surface area contributed by atoms with Gasteiger partial charge in [-0.05, 0) is 38.8 Å². The number of nitrogens with zero attached hydrogens (tertiary/aromatic N) is 3.